The SMILES string of the molecule is Cc1c(N)ccc2[nH]c(CCc3ccc(C#N)cc3)nc12. The van der Waals surface area contributed by atoms with Crippen LogP contribution < -0.4 is 5.73 Å². The van der Waals surface area contributed by atoms with Gasteiger partial charge in [0.2, 0.25) is 0 Å². The van der Waals surface area contributed by atoms with Gasteiger partial charge in [-0.25, -0.2) is 4.98 Å². The minimum Gasteiger partial charge on any atom is -0.398 e. The molecule has 0 spiro atoms. The van der Waals surface area contributed by atoms with Gasteiger partial charge in [0, 0.05) is 12.1 Å². The lowest BCUT2D eigenvalue weighted by Gasteiger charge is -1.99. The van der Waals surface area contributed by atoms with E-state index >= 15 is 0 Å². The molecule has 2 aromatic carbocycles. The summed E-state index contributed by atoms with van der Waals surface area (Å²) in [4.78, 5) is 7.97. The van der Waals surface area contributed by atoms with E-state index in [4.69, 9.17) is 11.0 Å². The van der Waals surface area contributed by atoms with Crippen molar-refractivity contribution in [3.63, 3.8) is 0 Å². The highest BCUT2D eigenvalue weighted by Gasteiger charge is 2.07. The fourth-order valence-corrected chi connectivity index (χ4v) is 2.41. The number of hydrogen-bond acceptors (Lipinski definition) is 3. The zero-order valence-corrected chi connectivity index (χ0v) is 11.9. The second-order valence-electron chi connectivity index (χ2n) is 5.17. The summed E-state index contributed by atoms with van der Waals surface area (Å²) >= 11 is 0. The molecule has 21 heavy (non-hydrogen) atoms. The lowest BCUT2D eigenvalue weighted by atomic mass is 10.1. The third kappa shape index (κ3) is 2.59. The summed E-state index contributed by atoms with van der Waals surface area (Å²) in [6, 6.07) is 13.7. The van der Waals surface area contributed by atoms with E-state index in [0.717, 1.165) is 41.0 Å². The van der Waals surface area contributed by atoms with Gasteiger partial charge in [-0.3, -0.25) is 0 Å². The molecule has 3 aromatic rings. The van der Waals surface area contributed by atoms with Gasteiger partial charge < -0.3 is 10.7 Å². The van der Waals surface area contributed by atoms with Crippen molar-refractivity contribution < 1.29 is 0 Å². The Morgan fingerprint density at radius 1 is 1.14 bits per heavy atom. The van der Waals surface area contributed by atoms with E-state index in [1.807, 2.05) is 43.3 Å². The largest absolute Gasteiger partial charge is 0.398 e. The molecule has 4 nitrogen and oxygen atoms in total. The van der Waals surface area contributed by atoms with Crippen LogP contribution in [0.25, 0.3) is 11.0 Å². The highest BCUT2D eigenvalue weighted by atomic mass is 14.9. The van der Waals surface area contributed by atoms with Crippen molar-refractivity contribution >= 4 is 16.7 Å². The molecule has 0 aliphatic carbocycles. The van der Waals surface area contributed by atoms with Crippen LogP contribution in [0.3, 0.4) is 0 Å². The van der Waals surface area contributed by atoms with Crippen molar-refractivity contribution in [2.75, 3.05) is 5.73 Å². The first-order valence-electron chi connectivity index (χ1n) is 6.90. The van der Waals surface area contributed by atoms with Crippen LogP contribution in [0.1, 0.15) is 22.5 Å². The van der Waals surface area contributed by atoms with E-state index < -0.39 is 0 Å². The van der Waals surface area contributed by atoms with Gasteiger partial charge in [0.1, 0.15) is 5.82 Å². The molecule has 104 valence electrons. The van der Waals surface area contributed by atoms with Gasteiger partial charge in [-0.1, -0.05) is 12.1 Å². The number of aromatic nitrogens is 2. The second kappa shape index (κ2) is 5.29. The maximum absolute atomic E-state index is 8.79. The van der Waals surface area contributed by atoms with Gasteiger partial charge in [-0.2, -0.15) is 5.26 Å². The minimum absolute atomic E-state index is 0.689. The van der Waals surface area contributed by atoms with E-state index in [-0.39, 0.29) is 0 Å². The molecule has 0 unspecified atom stereocenters. The summed E-state index contributed by atoms with van der Waals surface area (Å²) < 4.78 is 0. The van der Waals surface area contributed by atoms with Crippen LogP contribution in [0.4, 0.5) is 5.69 Å². The number of hydrogen-bond donors (Lipinski definition) is 2. The molecule has 0 amide bonds. The third-order valence-corrected chi connectivity index (χ3v) is 3.73. The Bertz CT molecular complexity index is 822. The van der Waals surface area contributed by atoms with Gasteiger partial charge in [0.15, 0.2) is 0 Å². The molecule has 0 fully saturated rings. The number of H-pyrrole nitrogens is 1. The number of nitriles is 1. The quantitative estimate of drug-likeness (QED) is 0.721. The molecule has 0 bridgehead atoms. The smallest absolute Gasteiger partial charge is 0.107 e. The number of nitrogens with two attached hydrogens (primary N) is 1. The van der Waals surface area contributed by atoms with E-state index in [1.165, 1.54) is 5.56 Å². The van der Waals surface area contributed by atoms with Gasteiger partial charge in [0.25, 0.3) is 0 Å². The highest BCUT2D eigenvalue weighted by Crippen LogP contribution is 2.21. The van der Waals surface area contributed by atoms with Crippen LogP contribution in [0.2, 0.25) is 0 Å². The van der Waals surface area contributed by atoms with Crippen LogP contribution >= 0.6 is 0 Å². The van der Waals surface area contributed by atoms with E-state index in [2.05, 4.69) is 16.0 Å². The first-order chi connectivity index (χ1) is 10.2. The van der Waals surface area contributed by atoms with Crippen molar-refractivity contribution in [3.8, 4) is 6.07 Å². The standard InChI is InChI=1S/C17H16N4/c1-11-14(19)7-8-15-17(11)21-16(20-15)9-6-12-2-4-13(10-18)5-3-12/h2-5,7-8H,6,9,19H2,1H3,(H,20,21). The zero-order valence-electron chi connectivity index (χ0n) is 11.9. The molecule has 4 heteroatoms. The third-order valence-electron chi connectivity index (χ3n) is 3.73. The first-order valence-corrected chi connectivity index (χ1v) is 6.90. The van der Waals surface area contributed by atoms with Crippen LogP contribution in [0.5, 0.6) is 0 Å². The van der Waals surface area contributed by atoms with Crippen molar-refractivity contribution in [1.82, 2.24) is 9.97 Å². The van der Waals surface area contributed by atoms with Gasteiger partial charge in [0.05, 0.1) is 22.7 Å². The van der Waals surface area contributed by atoms with Crippen molar-refractivity contribution in [1.29, 1.82) is 5.26 Å². The fraction of sp³-hybridized carbons (Fsp3) is 0.176. The molecule has 0 saturated heterocycles. The summed E-state index contributed by atoms with van der Waals surface area (Å²) in [6.07, 6.45) is 1.72. The summed E-state index contributed by atoms with van der Waals surface area (Å²) in [7, 11) is 0. The molecular formula is C17H16N4. The maximum atomic E-state index is 8.79. The summed E-state index contributed by atoms with van der Waals surface area (Å²) in [5.41, 5.74) is 11.6. The molecule has 3 N–H and O–H groups in total. The first kappa shape index (κ1) is 13.2. The average Bonchev–Trinajstić information content (AvgIpc) is 2.93. The fourth-order valence-electron chi connectivity index (χ4n) is 2.41. The van der Waals surface area contributed by atoms with Crippen LogP contribution in [-0.4, -0.2) is 9.97 Å². The predicted octanol–water partition coefficient (Wildman–Crippen LogP) is 3.11. The number of anilines is 1. The molecular weight excluding hydrogens is 260 g/mol. The zero-order chi connectivity index (χ0) is 14.8. The van der Waals surface area contributed by atoms with E-state index in [1.54, 1.807) is 0 Å². The highest BCUT2D eigenvalue weighted by molar-refractivity contribution is 5.83. The Morgan fingerprint density at radius 3 is 2.62 bits per heavy atom. The Hall–Kier alpha value is -2.80. The van der Waals surface area contributed by atoms with Gasteiger partial charge >= 0.3 is 0 Å². The van der Waals surface area contributed by atoms with Gasteiger partial charge in [-0.15, -0.1) is 0 Å². The summed E-state index contributed by atoms with van der Waals surface area (Å²) in [6.45, 7) is 1.99. The molecule has 0 aliphatic heterocycles. The van der Waals surface area contributed by atoms with Crippen molar-refractivity contribution in [3.05, 3.63) is 58.9 Å². The van der Waals surface area contributed by atoms with Crippen molar-refractivity contribution in [2.24, 2.45) is 0 Å². The Kier molecular flexibility index (Phi) is 3.33. The molecule has 3 rings (SSSR count). The minimum atomic E-state index is 0.689. The number of nitrogens with one attached hydrogen (secondary N) is 1. The van der Waals surface area contributed by atoms with E-state index in [0.29, 0.717) is 5.56 Å². The molecule has 0 atom stereocenters. The monoisotopic (exact) mass is 276 g/mol. The van der Waals surface area contributed by atoms with Crippen LogP contribution in [0, 0.1) is 18.3 Å². The Balaban J connectivity index is 1.79. The summed E-state index contributed by atoms with van der Waals surface area (Å²) in [5, 5.41) is 8.79. The lowest BCUT2D eigenvalue weighted by molar-refractivity contribution is 0.890. The molecule has 1 aromatic heterocycles. The topological polar surface area (TPSA) is 78.5 Å². The number of rotatable bonds is 3. The number of imidazole rings is 1. The second-order valence-corrected chi connectivity index (χ2v) is 5.17. The lowest BCUT2D eigenvalue weighted by Crippen LogP contribution is -1.93. The Labute approximate surface area is 123 Å². The number of nitrogen functional groups attached to an aromatic ring is 1. The van der Waals surface area contributed by atoms with Crippen LogP contribution in [-0.2, 0) is 12.8 Å². The molecule has 1 heterocycles. The number of fused-ring (bicyclic) bond motifs is 1. The van der Waals surface area contributed by atoms with Crippen molar-refractivity contribution in [2.45, 2.75) is 19.8 Å². The number of nitrogens with zero attached hydrogens (tertiary/aromatic N) is 2. The van der Waals surface area contributed by atoms with E-state index in [9.17, 15) is 0 Å². The molecule has 0 saturated carbocycles. The summed E-state index contributed by atoms with van der Waals surface area (Å²) in [5.74, 6) is 0.961. The number of aryl methyl sites for hydroxylation is 3. The maximum Gasteiger partial charge on any atom is 0.107 e. The normalized spacial score (nSPS) is 10.7. The number of aromatic amines is 1. The molecule has 0 radical (unpaired) electrons. The average molecular weight is 276 g/mol. The predicted molar refractivity (Wildman–Crippen MR) is 83.8 cm³/mol. The van der Waals surface area contributed by atoms with Crippen LogP contribution in [0.15, 0.2) is 36.4 Å². The van der Waals surface area contributed by atoms with Gasteiger partial charge in [-0.05, 0) is 48.7 Å². The number of benzene rings is 2. The Morgan fingerprint density at radius 2 is 1.90 bits per heavy atom. The molecule has 0 aliphatic rings.